The summed E-state index contributed by atoms with van der Waals surface area (Å²) < 4.78 is 101. The lowest BCUT2D eigenvalue weighted by atomic mass is 9.31. The van der Waals surface area contributed by atoms with Gasteiger partial charge in [0.05, 0.1) is 11.1 Å². The maximum Gasteiger partial charge on any atom is 0.416 e. The fourth-order valence-electron chi connectivity index (χ4n) is 11.8. The minimum absolute atomic E-state index is 0.111. The van der Waals surface area contributed by atoms with E-state index in [-0.39, 0.29) is 18.2 Å². The largest absolute Gasteiger partial charge is 0.458 e. The molecule has 4 aliphatic heterocycles. The van der Waals surface area contributed by atoms with E-state index in [1.54, 1.807) is 0 Å². The summed E-state index contributed by atoms with van der Waals surface area (Å²) in [5.41, 5.74) is 11.9. The van der Waals surface area contributed by atoms with Crippen molar-refractivity contribution in [3.8, 4) is 67.5 Å². The Bertz CT molecular complexity index is 3820. The Morgan fingerprint density at radius 2 is 0.833 bits per heavy atom. The van der Waals surface area contributed by atoms with Gasteiger partial charge in [-0.15, -0.1) is 0 Å². The van der Waals surface area contributed by atoms with Crippen LogP contribution in [0.15, 0.2) is 146 Å². The van der Waals surface area contributed by atoms with Gasteiger partial charge >= 0.3 is 12.4 Å². The highest BCUT2D eigenvalue weighted by molar-refractivity contribution is 7.01. The van der Waals surface area contributed by atoms with E-state index >= 15 is 13.2 Å². The summed E-state index contributed by atoms with van der Waals surface area (Å²) in [6.07, 6.45) is -9.48. The molecule has 4 heterocycles. The molecule has 0 radical (unpaired) electrons. The van der Waals surface area contributed by atoms with E-state index in [0.717, 1.165) is 128 Å². The number of hydrogen-bond donors (Lipinski definition) is 0. The summed E-state index contributed by atoms with van der Waals surface area (Å²) in [7, 11) is 0. The third-order valence-electron chi connectivity index (χ3n) is 14.4. The Morgan fingerprint density at radius 1 is 0.364 bits per heavy atom. The molecule has 0 saturated carbocycles. The number of halogens is 6. The van der Waals surface area contributed by atoms with Crippen LogP contribution in [0.25, 0.3) is 76.8 Å². The van der Waals surface area contributed by atoms with Gasteiger partial charge in [0.1, 0.15) is 23.0 Å². The summed E-state index contributed by atoms with van der Waals surface area (Å²) in [5, 5.41) is 5.58. The fraction of sp³-hybridized carbons (Fsp3) is 0.0714. The second-order valence-corrected chi connectivity index (χ2v) is 18.2. The second kappa shape index (κ2) is 12.7. The van der Waals surface area contributed by atoms with Crippen LogP contribution < -0.4 is 42.3 Å². The molecule has 0 amide bonds. The highest BCUT2D eigenvalue weighted by Gasteiger charge is 2.46. The van der Waals surface area contributed by atoms with Gasteiger partial charge < -0.3 is 9.47 Å². The number of aryl methyl sites for hydroxylation is 2. The average molecular weight is 870 g/mol. The molecule has 0 bridgehead atoms. The van der Waals surface area contributed by atoms with Crippen LogP contribution in [0.5, 0.6) is 23.0 Å². The van der Waals surface area contributed by atoms with Crippen LogP contribution in [-0.2, 0) is 12.4 Å². The average Bonchev–Trinajstić information content (AvgIpc) is 3.30. The van der Waals surface area contributed by atoms with Gasteiger partial charge in [-0.05, 0) is 166 Å². The first-order valence-electron chi connectivity index (χ1n) is 21.8. The predicted molar refractivity (Wildman–Crippen MR) is 254 cm³/mol. The van der Waals surface area contributed by atoms with Crippen LogP contribution in [0.2, 0.25) is 0 Å². The van der Waals surface area contributed by atoms with Crippen LogP contribution in [0.1, 0.15) is 22.3 Å². The Morgan fingerprint density at radius 3 is 1.38 bits per heavy atom. The first-order valence-corrected chi connectivity index (χ1v) is 21.8. The van der Waals surface area contributed by atoms with E-state index < -0.39 is 30.2 Å². The molecule has 14 rings (SSSR count). The van der Waals surface area contributed by atoms with Crippen LogP contribution in [-0.4, -0.2) is 13.4 Å². The van der Waals surface area contributed by atoms with Crippen molar-refractivity contribution >= 4 is 78.5 Å². The molecule has 0 saturated heterocycles. The number of benzene rings is 10. The van der Waals surface area contributed by atoms with Crippen molar-refractivity contribution in [3.05, 3.63) is 168 Å². The van der Waals surface area contributed by atoms with Gasteiger partial charge in [0.25, 0.3) is 13.4 Å². The molecule has 10 aromatic carbocycles. The highest BCUT2D eigenvalue weighted by atomic mass is 19.4. The minimum atomic E-state index is -4.78. The molecule has 0 fully saturated rings. The van der Waals surface area contributed by atoms with E-state index in [1.165, 1.54) is 12.1 Å². The third kappa shape index (κ3) is 5.01. The van der Waals surface area contributed by atoms with Crippen molar-refractivity contribution in [1.29, 1.82) is 0 Å². The standard InChI is InChI=1S/C56H30B2F6O2/c1-27-13-15-41-45(18-27)65-47-19-28(2)17-39-35-23-33(29-9-5-3-6-10-29)37-26-44-50-36(24-34(30-11-7-4-8-12-30)38-25-43(57(41)53(39)47)49(35)51(37)52(38)50)40-20-32(56(62,63)64)22-48-54(40)58(44)42-16-14-31(55(59,60)61)21-46(42)66-48/h3-26H,1-2H3. The molecule has 314 valence electrons. The number of ether oxygens (including phenoxy) is 2. The molecule has 0 spiro atoms. The normalized spacial score (nSPS) is 13.9. The fourth-order valence-corrected chi connectivity index (χ4v) is 11.8. The zero-order chi connectivity index (χ0) is 44.7. The first kappa shape index (κ1) is 37.9. The van der Waals surface area contributed by atoms with E-state index in [2.05, 4.69) is 74.5 Å². The van der Waals surface area contributed by atoms with Gasteiger partial charge in [0, 0.05) is 0 Å². The number of rotatable bonds is 2. The molecule has 0 unspecified atom stereocenters. The van der Waals surface area contributed by atoms with Crippen molar-refractivity contribution in [3.63, 3.8) is 0 Å². The van der Waals surface area contributed by atoms with Crippen LogP contribution in [0, 0.1) is 13.8 Å². The van der Waals surface area contributed by atoms with E-state index in [0.29, 0.717) is 22.1 Å². The molecule has 4 aliphatic rings. The van der Waals surface area contributed by atoms with E-state index in [1.807, 2.05) is 54.6 Å². The molecule has 0 aliphatic carbocycles. The summed E-state index contributed by atoms with van der Waals surface area (Å²) in [5.74, 6) is 1.37. The lowest BCUT2D eigenvalue weighted by Crippen LogP contribution is -2.58. The minimum Gasteiger partial charge on any atom is -0.458 e. The predicted octanol–water partition coefficient (Wildman–Crippen LogP) is 11.8. The summed E-state index contributed by atoms with van der Waals surface area (Å²) >= 11 is 0. The SMILES string of the molecule is Cc1ccc2c(c1)Oc1cc(C)cc3c1B2c1cc2c(-c4ccccc4)cc4c5c(cc6c(-c7ccccc7)cc-3c1c6c25)B1c2ccc(C(F)(F)F)cc2Oc2cc(C(F)(F)F)cc-4c21. The maximum absolute atomic E-state index is 15.1. The summed E-state index contributed by atoms with van der Waals surface area (Å²) in [4.78, 5) is 0. The van der Waals surface area contributed by atoms with Crippen molar-refractivity contribution < 1.29 is 35.8 Å². The lowest BCUT2D eigenvalue weighted by Gasteiger charge is -2.38. The maximum atomic E-state index is 15.1. The molecular formula is C56H30B2F6O2. The van der Waals surface area contributed by atoms with Gasteiger partial charge in [-0.3, -0.25) is 0 Å². The Hall–Kier alpha value is -7.45. The summed E-state index contributed by atoms with van der Waals surface area (Å²) in [6.45, 7) is 3.17. The smallest absolute Gasteiger partial charge is 0.416 e. The van der Waals surface area contributed by atoms with Gasteiger partial charge in [0.15, 0.2) is 0 Å². The second-order valence-electron chi connectivity index (χ2n) is 18.2. The lowest BCUT2D eigenvalue weighted by molar-refractivity contribution is -0.138. The van der Waals surface area contributed by atoms with Crippen LogP contribution >= 0.6 is 0 Å². The Kier molecular flexibility index (Phi) is 7.27. The monoisotopic (exact) mass is 870 g/mol. The Labute approximate surface area is 374 Å². The van der Waals surface area contributed by atoms with Crippen molar-refractivity contribution in [1.82, 2.24) is 0 Å². The number of hydrogen-bond acceptors (Lipinski definition) is 2. The Balaban J connectivity index is 1.23. The molecule has 66 heavy (non-hydrogen) atoms. The molecule has 10 aromatic rings. The molecule has 0 aromatic heterocycles. The van der Waals surface area contributed by atoms with Gasteiger partial charge in [0.2, 0.25) is 0 Å². The zero-order valence-corrected chi connectivity index (χ0v) is 35.1. The number of alkyl halides is 6. The topological polar surface area (TPSA) is 18.5 Å². The van der Waals surface area contributed by atoms with E-state index in [4.69, 9.17) is 9.47 Å². The first-order chi connectivity index (χ1) is 31.8. The zero-order valence-electron chi connectivity index (χ0n) is 35.1. The molecular weight excluding hydrogens is 840 g/mol. The molecule has 0 N–H and O–H groups in total. The van der Waals surface area contributed by atoms with Gasteiger partial charge in [-0.2, -0.15) is 26.3 Å². The van der Waals surface area contributed by atoms with Crippen LogP contribution in [0.3, 0.4) is 0 Å². The number of fused-ring (bicyclic) bond motifs is 8. The van der Waals surface area contributed by atoms with E-state index in [9.17, 15) is 13.2 Å². The third-order valence-corrected chi connectivity index (χ3v) is 14.4. The van der Waals surface area contributed by atoms with Crippen LogP contribution in [0.4, 0.5) is 26.3 Å². The van der Waals surface area contributed by atoms with Gasteiger partial charge in [-0.1, -0.05) is 114 Å². The van der Waals surface area contributed by atoms with Gasteiger partial charge in [-0.25, -0.2) is 0 Å². The highest BCUT2D eigenvalue weighted by Crippen LogP contribution is 2.52. The summed E-state index contributed by atoms with van der Waals surface area (Å²) in [6, 6.07) is 45.1. The molecule has 10 heteroatoms. The molecule has 0 atom stereocenters. The van der Waals surface area contributed by atoms with Crippen molar-refractivity contribution in [2.45, 2.75) is 26.2 Å². The van der Waals surface area contributed by atoms with Crippen molar-refractivity contribution in [2.75, 3.05) is 0 Å². The van der Waals surface area contributed by atoms with Crippen molar-refractivity contribution in [2.24, 2.45) is 0 Å². The molecule has 2 nitrogen and oxygen atoms in total. The quantitative estimate of drug-likeness (QED) is 0.0979.